The molecule has 108 valence electrons. The molecule has 0 aliphatic heterocycles. The summed E-state index contributed by atoms with van der Waals surface area (Å²) in [7, 11) is 1.98. The third kappa shape index (κ3) is 3.81. The maximum atomic E-state index is 5.91. The Morgan fingerprint density at radius 2 is 2.05 bits per heavy atom. The monoisotopic (exact) mass is 290 g/mol. The second kappa shape index (κ2) is 6.86. The molecule has 20 heavy (non-hydrogen) atoms. The zero-order chi connectivity index (χ0) is 14.5. The second-order valence-electron chi connectivity index (χ2n) is 5.11. The van der Waals surface area contributed by atoms with Crippen LogP contribution in [0.15, 0.2) is 29.6 Å². The van der Waals surface area contributed by atoms with Crippen LogP contribution < -0.4 is 10.1 Å². The molecule has 4 heteroatoms. The average molecular weight is 290 g/mol. The Hall–Kier alpha value is -1.39. The predicted octanol–water partition coefficient (Wildman–Crippen LogP) is 3.74. The maximum Gasteiger partial charge on any atom is 0.124 e. The van der Waals surface area contributed by atoms with Gasteiger partial charge in [-0.15, -0.1) is 11.3 Å². The number of nitrogens with zero attached hydrogens (tertiary/aromatic N) is 1. The third-order valence-corrected chi connectivity index (χ3v) is 3.91. The van der Waals surface area contributed by atoms with Gasteiger partial charge in [0.15, 0.2) is 0 Å². The van der Waals surface area contributed by atoms with E-state index in [1.807, 2.05) is 26.1 Å². The van der Waals surface area contributed by atoms with Gasteiger partial charge in [0, 0.05) is 23.4 Å². The molecular weight excluding hydrogens is 268 g/mol. The van der Waals surface area contributed by atoms with Crippen molar-refractivity contribution in [2.75, 3.05) is 7.05 Å². The average Bonchev–Trinajstić information content (AvgIpc) is 2.82. The van der Waals surface area contributed by atoms with Crippen molar-refractivity contribution in [1.82, 2.24) is 10.3 Å². The number of ether oxygens (including phenoxy) is 1. The first-order valence-corrected chi connectivity index (χ1v) is 7.82. The first-order valence-electron chi connectivity index (χ1n) is 6.94. The highest BCUT2D eigenvalue weighted by molar-refractivity contribution is 7.09. The Morgan fingerprint density at radius 1 is 1.30 bits per heavy atom. The molecule has 2 rings (SSSR count). The molecule has 0 amide bonds. The lowest BCUT2D eigenvalue weighted by molar-refractivity contribution is 0.238. The van der Waals surface area contributed by atoms with E-state index in [2.05, 4.69) is 41.7 Å². The molecule has 3 nitrogen and oxygen atoms in total. The van der Waals surface area contributed by atoms with Crippen molar-refractivity contribution < 1.29 is 4.74 Å². The fraction of sp³-hybridized carbons (Fsp3) is 0.438. The van der Waals surface area contributed by atoms with Gasteiger partial charge in [0.2, 0.25) is 0 Å². The van der Waals surface area contributed by atoms with E-state index in [1.165, 1.54) is 5.56 Å². The highest BCUT2D eigenvalue weighted by Crippen LogP contribution is 2.28. The molecule has 0 saturated heterocycles. The molecule has 0 radical (unpaired) electrons. The van der Waals surface area contributed by atoms with Crippen LogP contribution in [0.4, 0.5) is 0 Å². The first-order chi connectivity index (χ1) is 9.60. The molecule has 0 saturated carbocycles. The predicted molar refractivity (Wildman–Crippen MR) is 84.6 cm³/mol. The Morgan fingerprint density at radius 3 is 2.65 bits per heavy atom. The normalized spacial score (nSPS) is 12.7. The van der Waals surface area contributed by atoms with Crippen molar-refractivity contribution in [2.24, 2.45) is 0 Å². The summed E-state index contributed by atoms with van der Waals surface area (Å²) in [5, 5.41) is 6.62. The molecule has 1 atom stereocenters. The topological polar surface area (TPSA) is 34.2 Å². The van der Waals surface area contributed by atoms with Gasteiger partial charge in [-0.25, -0.2) is 4.98 Å². The third-order valence-electron chi connectivity index (χ3n) is 3.09. The molecule has 0 aliphatic rings. The van der Waals surface area contributed by atoms with Crippen molar-refractivity contribution in [2.45, 2.75) is 39.3 Å². The number of hydrogen-bond donors (Lipinski definition) is 1. The van der Waals surface area contributed by atoms with E-state index in [9.17, 15) is 0 Å². The largest absolute Gasteiger partial charge is 0.491 e. The number of benzene rings is 1. The molecule has 1 heterocycles. The quantitative estimate of drug-likeness (QED) is 0.880. The zero-order valence-electron chi connectivity index (χ0n) is 12.5. The van der Waals surface area contributed by atoms with Gasteiger partial charge in [-0.3, -0.25) is 0 Å². The Labute approximate surface area is 125 Å². The van der Waals surface area contributed by atoms with Crippen molar-refractivity contribution in [3.63, 3.8) is 0 Å². The van der Waals surface area contributed by atoms with Crippen molar-refractivity contribution in [3.05, 3.63) is 45.9 Å². The van der Waals surface area contributed by atoms with E-state index < -0.39 is 0 Å². The van der Waals surface area contributed by atoms with Gasteiger partial charge in [0.1, 0.15) is 5.75 Å². The molecule has 1 N–H and O–H groups in total. The van der Waals surface area contributed by atoms with Crippen LogP contribution in [0, 0.1) is 6.92 Å². The molecule has 1 unspecified atom stereocenters. The van der Waals surface area contributed by atoms with Gasteiger partial charge in [0.25, 0.3) is 0 Å². The van der Waals surface area contributed by atoms with Gasteiger partial charge in [0.05, 0.1) is 16.8 Å². The van der Waals surface area contributed by atoms with Crippen LogP contribution in [0.5, 0.6) is 5.75 Å². The van der Waals surface area contributed by atoms with Gasteiger partial charge >= 0.3 is 0 Å². The number of hydrogen-bond acceptors (Lipinski definition) is 4. The number of para-hydroxylation sites is 1. The van der Waals surface area contributed by atoms with Crippen LogP contribution in [0.2, 0.25) is 0 Å². The van der Waals surface area contributed by atoms with Crippen LogP contribution >= 0.6 is 11.3 Å². The van der Waals surface area contributed by atoms with Crippen molar-refractivity contribution in [3.8, 4) is 5.75 Å². The lowest BCUT2D eigenvalue weighted by Gasteiger charge is -2.21. The Kier molecular flexibility index (Phi) is 5.15. The van der Waals surface area contributed by atoms with Crippen molar-refractivity contribution in [1.29, 1.82) is 0 Å². The number of likely N-dealkylation sites (N-methyl/N-ethyl adjacent to an activating group) is 1. The van der Waals surface area contributed by atoms with Crippen molar-refractivity contribution >= 4 is 11.3 Å². The highest BCUT2D eigenvalue weighted by Gasteiger charge is 2.16. The Balaban J connectivity index is 2.22. The molecule has 2 aromatic rings. The zero-order valence-corrected chi connectivity index (χ0v) is 13.3. The van der Waals surface area contributed by atoms with Crippen LogP contribution in [0.3, 0.4) is 0 Å². The number of nitrogens with one attached hydrogen (secondary N) is 1. The van der Waals surface area contributed by atoms with Crippen LogP contribution in [0.25, 0.3) is 0 Å². The molecular formula is C16H22N2OS. The summed E-state index contributed by atoms with van der Waals surface area (Å²) in [5.41, 5.74) is 2.32. The minimum Gasteiger partial charge on any atom is -0.491 e. The first kappa shape index (κ1) is 15.0. The van der Waals surface area contributed by atoms with Gasteiger partial charge < -0.3 is 10.1 Å². The molecule has 0 bridgehead atoms. The number of thiazole rings is 1. The lowest BCUT2D eigenvalue weighted by Crippen LogP contribution is -2.20. The fourth-order valence-corrected chi connectivity index (χ4v) is 2.83. The Bertz CT molecular complexity index is 551. The van der Waals surface area contributed by atoms with E-state index in [4.69, 9.17) is 4.74 Å². The second-order valence-corrected chi connectivity index (χ2v) is 6.17. The summed E-state index contributed by atoms with van der Waals surface area (Å²) in [6, 6.07) is 8.44. The van der Waals surface area contributed by atoms with E-state index in [-0.39, 0.29) is 12.1 Å². The summed E-state index contributed by atoms with van der Waals surface area (Å²) >= 11 is 1.70. The summed E-state index contributed by atoms with van der Waals surface area (Å²) in [6.45, 7) is 6.14. The summed E-state index contributed by atoms with van der Waals surface area (Å²) < 4.78 is 5.91. The van der Waals surface area contributed by atoms with Crippen LogP contribution in [-0.2, 0) is 6.42 Å². The summed E-state index contributed by atoms with van der Waals surface area (Å²) in [6.07, 6.45) is 1.05. The number of rotatable bonds is 6. The van der Waals surface area contributed by atoms with Crippen LogP contribution in [0.1, 0.15) is 36.2 Å². The smallest absolute Gasteiger partial charge is 0.124 e. The summed E-state index contributed by atoms with van der Waals surface area (Å²) in [5.74, 6) is 0.953. The minimum absolute atomic E-state index is 0.176. The molecule has 0 fully saturated rings. The summed E-state index contributed by atoms with van der Waals surface area (Å²) in [4.78, 5) is 4.55. The number of aromatic nitrogens is 1. The fourth-order valence-electron chi connectivity index (χ4n) is 2.21. The lowest BCUT2D eigenvalue weighted by atomic mass is 10.0. The van der Waals surface area contributed by atoms with E-state index in [1.54, 1.807) is 11.3 Å². The minimum atomic E-state index is 0.176. The standard InChI is InChI=1S/C16H22N2OS/c1-11(2)19-16-8-6-5-7-14(16)15(17-4)9-13-10-20-12(3)18-13/h5-8,10-11,15,17H,9H2,1-4H3. The van der Waals surface area contributed by atoms with Gasteiger partial charge in [-0.2, -0.15) is 0 Å². The maximum absolute atomic E-state index is 5.91. The van der Waals surface area contributed by atoms with E-state index in [0.29, 0.717) is 0 Å². The van der Waals surface area contributed by atoms with E-state index >= 15 is 0 Å². The van der Waals surface area contributed by atoms with Gasteiger partial charge in [-0.1, -0.05) is 18.2 Å². The van der Waals surface area contributed by atoms with E-state index in [0.717, 1.165) is 22.9 Å². The van der Waals surface area contributed by atoms with Crippen LogP contribution in [-0.4, -0.2) is 18.1 Å². The molecule has 0 spiro atoms. The molecule has 0 aliphatic carbocycles. The van der Waals surface area contributed by atoms with Gasteiger partial charge in [-0.05, 0) is 33.9 Å². The molecule has 1 aromatic heterocycles. The SMILES string of the molecule is CNC(Cc1csc(C)n1)c1ccccc1OC(C)C. The highest BCUT2D eigenvalue weighted by atomic mass is 32.1. The number of aryl methyl sites for hydroxylation is 1. The molecule has 1 aromatic carbocycles.